The van der Waals surface area contributed by atoms with Gasteiger partial charge in [-0.15, -0.1) is 0 Å². The molecule has 1 atom stereocenters. The van der Waals surface area contributed by atoms with Crippen LogP contribution in [-0.2, 0) is 20.9 Å². The number of nitrogens with two attached hydrogens (primary N) is 1. The summed E-state index contributed by atoms with van der Waals surface area (Å²) in [4.78, 5) is 37.7. The third-order valence-electron chi connectivity index (χ3n) is 4.72. The van der Waals surface area contributed by atoms with Gasteiger partial charge in [0.2, 0.25) is 0 Å². The van der Waals surface area contributed by atoms with Gasteiger partial charge in [-0.05, 0) is 58.9 Å². The van der Waals surface area contributed by atoms with Crippen molar-refractivity contribution in [2.75, 3.05) is 19.6 Å². The summed E-state index contributed by atoms with van der Waals surface area (Å²) in [5.41, 5.74) is 6.40. The van der Waals surface area contributed by atoms with E-state index in [1.54, 1.807) is 4.90 Å². The van der Waals surface area contributed by atoms with Gasteiger partial charge in [0.05, 0.1) is 6.04 Å². The van der Waals surface area contributed by atoms with E-state index in [1.165, 1.54) is 0 Å². The molecule has 0 saturated heterocycles. The van der Waals surface area contributed by atoms with Crippen LogP contribution in [0.15, 0.2) is 30.3 Å². The monoisotopic (exact) mass is 449 g/mol. The summed E-state index contributed by atoms with van der Waals surface area (Å²) in [6, 6.07) is 8.97. The Morgan fingerprint density at radius 2 is 1.78 bits per heavy atom. The van der Waals surface area contributed by atoms with Crippen molar-refractivity contribution in [1.29, 1.82) is 0 Å². The molecular weight excluding hydrogens is 410 g/mol. The molecule has 1 rings (SSSR count). The van der Waals surface area contributed by atoms with Crippen molar-refractivity contribution in [3.63, 3.8) is 0 Å². The highest BCUT2D eigenvalue weighted by Crippen LogP contribution is 2.08. The molecule has 8 heteroatoms. The average molecular weight is 450 g/mol. The normalized spacial score (nSPS) is 12.0. The average Bonchev–Trinajstić information content (AvgIpc) is 2.74. The number of carbonyl (C=O) groups is 3. The Hall–Kier alpha value is -2.61. The molecule has 0 spiro atoms. The number of Topliss-reactive ketones (excluding diaryl/α,β-unsaturated/α-hetero) is 1. The van der Waals surface area contributed by atoms with Crippen LogP contribution in [-0.4, -0.2) is 54.1 Å². The summed E-state index contributed by atoms with van der Waals surface area (Å²) in [5, 5.41) is 2.69. The number of alkyl carbamates (subject to hydrolysis) is 1. The standard InChI is InChI=1S/C24H39N3O5/c1-5-27(23(30)31-18-19-12-7-6-8-13-19)17-11-15-21(28)20(25)14-9-10-16-26-22(29)32-24(2,3)4/h6-8,12-13,20H,5,9-11,14-18,25H2,1-4H3,(H,26,29)/t20-/m0/s1. The van der Waals surface area contributed by atoms with Crippen LogP contribution in [0.3, 0.4) is 0 Å². The lowest BCUT2D eigenvalue weighted by Crippen LogP contribution is -2.34. The van der Waals surface area contributed by atoms with Crippen LogP contribution in [0, 0.1) is 0 Å². The smallest absolute Gasteiger partial charge is 0.410 e. The SMILES string of the molecule is CCN(CCCC(=O)[C@@H](N)CCCCNC(=O)OC(C)(C)C)C(=O)OCc1ccccc1. The third kappa shape index (κ3) is 12.3. The highest BCUT2D eigenvalue weighted by Gasteiger charge is 2.17. The lowest BCUT2D eigenvalue weighted by molar-refractivity contribution is -0.120. The predicted octanol–water partition coefficient (Wildman–Crippen LogP) is 4.02. The molecule has 3 N–H and O–H groups in total. The first-order valence-electron chi connectivity index (χ1n) is 11.3. The Balaban J connectivity index is 2.19. The molecule has 0 unspecified atom stereocenters. The van der Waals surface area contributed by atoms with Gasteiger partial charge in [0.15, 0.2) is 0 Å². The zero-order valence-electron chi connectivity index (χ0n) is 19.9. The number of nitrogens with zero attached hydrogens (tertiary/aromatic N) is 1. The molecular formula is C24H39N3O5. The van der Waals surface area contributed by atoms with Gasteiger partial charge in [0.25, 0.3) is 0 Å². The van der Waals surface area contributed by atoms with Crippen LogP contribution < -0.4 is 11.1 Å². The number of rotatable bonds is 13. The number of ether oxygens (including phenoxy) is 2. The second-order valence-corrected chi connectivity index (χ2v) is 8.72. The number of amides is 2. The van der Waals surface area contributed by atoms with Gasteiger partial charge in [-0.3, -0.25) is 4.79 Å². The fourth-order valence-electron chi connectivity index (χ4n) is 2.97. The quantitative estimate of drug-likeness (QED) is 0.440. The molecule has 0 aliphatic heterocycles. The Kier molecular flexibility index (Phi) is 12.4. The minimum atomic E-state index is -0.531. The molecule has 0 aliphatic carbocycles. The maximum Gasteiger partial charge on any atom is 0.410 e. The molecule has 2 amide bonds. The molecule has 32 heavy (non-hydrogen) atoms. The summed E-state index contributed by atoms with van der Waals surface area (Å²) < 4.78 is 10.5. The van der Waals surface area contributed by atoms with Crippen LogP contribution in [0.2, 0.25) is 0 Å². The highest BCUT2D eigenvalue weighted by atomic mass is 16.6. The fraction of sp³-hybridized carbons (Fsp3) is 0.625. The number of carbonyl (C=O) groups excluding carboxylic acids is 3. The molecule has 0 fully saturated rings. The minimum Gasteiger partial charge on any atom is -0.445 e. The Morgan fingerprint density at radius 1 is 1.09 bits per heavy atom. The summed E-state index contributed by atoms with van der Waals surface area (Å²) in [5.74, 6) is -0.0150. The summed E-state index contributed by atoms with van der Waals surface area (Å²) >= 11 is 0. The minimum absolute atomic E-state index is 0.0150. The molecule has 0 radical (unpaired) electrons. The van der Waals surface area contributed by atoms with Crippen molar-refractivity contribution >= 4 is 18.0 Å². The number of hydrogen-bond donors (Lipinski definition) is 2. The van der Waals surface area contributed by atoms with E-state index in [0.717, 1.165) is 18.4 Å². The second kappa shape index (κ2) is 14.5. The first-order chi connectivity index (χ1) is 15.1. The van der Waals surface area contributed by atoms with Crippen molar-refractivity contribution in [3.05, 3.63) is 35.9 Å². The van der Waals surface area contributed by atoms with E-state index >= 15 is 0 Å². The molecule has 0 bridgehead atoms. The second-order valence-electron chi connectivity index (χ2n) is 8.72. The number of hydrogen-bond acceptors (Lipinski definition) is 6. The van der Waals surface area contributed by atoms with E-state index in [0.29, 0.717) is 38.9 Å². The van der Waals surface area contributed by atoms with Crippen molar-refractivity contribution in [3.8, 4) is 0 Å². The fourth-order valence-corrected chi connectivity index (χ4v) is 2.97. The Bertz CT molecular complexity index is 703. The van der Waals surface area contributed by atoms with Crippen LogP contribution in [0.1, 0.15) is 65.4 Å². The van der Waals surface area contributed by atoms with E-state index in [4.69, 9.17) is 15.2 Å². The number of benzene rings is 1. The molecule has 1 aromatic carbocycles. The molecule has 0 aliphatic rings. The van der Waals surface area contributed by atoms with Crippen molar-refractivity contribution in [1.82, 2.24) is 10.2 Å². The zero-order valence-corrected chi connectivity index (χ0v) is 19.9. The maximum absolute atomic E-state index is 12.3. The number of ketones is 1. The van der Waals surface area contributed by atoms with E-state index < -0.39 is 17.7 Å². The van der Waals surface area contributed by atoms with Gasteiger partial charge < -0.3 is 25.4 Å². The van der Waals surface area contributed by atoms with Crippen LogP contribution in [0.25, 0.3) is 0 Å². The molecule has 1 aromatic rings. The van der Waals surface area contributed by atoms with Gasteiger partial charge >= 0.3 is 12.2 Å². The topological polar surface area (TPSA) is 111 Å². The van der Waals surface area contributed by atoms with Crippen LogP contribution in [0.5, 0.6) is 0 Å². The van der Waals surface area contributed by atoms with Crippen molar-refractivity contribution in [2.24, 2.45) is 5.73 Å². The predicted molar refractivity (Wildman–Crippen MR) is 124 cm³/mol. The molecule has 0 saturated carbocycles. The third-order valence-corrected chi connectivity index (χ3v) is 4.72. The number of nitrogens with one attached hydrogen (secondary N) is 1. The van der Waals surface area contributed by atoms with E-state index in [-0.39, 0.29) is 18.5 Å². The largest absolute Gasteiger partial charge is 0.445 e. The highest BCUT2D eigenvalue weighted by molar-refractivity contribution is 5.83. The van der Waals surface area contributed by atoms with Gasteiger partial charge in [0.1, 0.15) is 18.0 Å². The van der Waals surface area contributed by atoms with E-state index in [1.807, 2.05) is 58.0 Å². The zero-order chi connectivity index (χ0) is 24.0. The summed E-state index contributed by atoms with van der Waals surface area (Å²) in [6.07, 6.45) is 2.05. The van der Waals surface area contributed by atoms with E-state index in [9.17, 15) is 14.4 Å². The Morgan fingerprint density at radius 3 is 2.41 bits per heavy atom. The lowest BCUT2D eigenvalue weighted by atomic mass is 10.0. The van der Waals surface area contributed by atoms with E-state index in [2.05, 4.69) is 5.32 Å². The lowest BCUT2D eigenvalue weighted by Gasteiger charge is -2.20. The molecule has 8 nitrogen and oxygen atoms in total. The van der Waals surface area contributed by atoms with Gasteiger partial charge in [0, 0.05) is 26.1 Å². The first-order valence-corrected chi connectivity index (χ1v) is 11.3. The molecule has 0 heterocycles. The maximum atomic E-state index is 12.3. The van der Waals surface area contributed by atoms with Crippen molar-refractivity contribution in [2.45, 2.75) is 78.0 Å². The number of unbranched alkanes of at least 4 members (excludes halogenated alkanes) is 1. The molecule has 180 valence electrons. The summed E-state index contributed by atoms with van der Waals surface area (Å²) in [7, 11) is 0. The van der Waals surface area contributed by atoms with Gasteiger partial charge in [-0.1, -0.05) is 30.3 Å². The van der Waals surface area contributed by atoms with Gasteiger partial charge in [-0.25, -0.2) is 9.59 Å². The molecule has 0 aromatic heterocycles. The summed E-state index contributed by atoms with van der Waals surface area (Å²) in [6.45, 7) is 8.97. The van der Waals surface area contributed by atoms with Crippen molar-refractivity contribution < 1.29 is 23.9 Å². The van der Waals surface area contributed by atoms with Crippen LogP contribution >= 0.6 is 0 Å². The van der Waals surface area contributed by atoms with Gasteiger partial charge in [-0.2, -0.15) is 0 Å². The Labute approximate surface area is 191 Å². The first kappa shape index (κ1) is 27.4. The van der Waals surface area contributed by atoms with Crippen LogP contribution in [0.4, 0.5) is 9.59 Å².